The number of hydrogen-bond acceptors (Lipinski definition) is 3. The molecule has 1 amide bonds. The quantitative estimate of drug-likeness (QED) is 0.797. The maximum atomic E-state index is 11.3. The summed E-state index contributed by atoms with van der Waals surface area (Å²) in [6, 6.07) is 9.70. The Hall–Kier alpha value is -1.39. The van der Waals surface area contributed by atoms with Crippen LogP contribution >= 0.6 is 0 Å². The van der Waals surface area contributed by atoms with Crippen molar-refractivity contribution in [3.63, 3.8) is 0 Å². The standard InChI is InChI=1S/C13H19NO3/c1-13(2,3)17-14-12(15)10-16-9-11-7-5-4-6-8-11/h4-8H,9-10H2,1-3H3,(H,14,15). The Morgan fingerprint density at radius 3 is 2.47 bits per heavy atom. The van der Waals surface area contributed by atoms with E-state index in [0.29, 0.717) is 6.61 Å². The molecule has 0 saturated carbocycles. The van der Waals surface area contributed by atoms with Crippen LogP contribution in [-0.2, 0) is 21.0 Å². The van der Waals surface area contributed by atoms with Crippen LogP contribution in [-0.4, -0.2) is 18.1 Å². The van der Waals surface area contributed by atoms with E-state index in [1.807, 2.05) is 51.1 Å². The molecule has 1 aromatic carbocycles. The van der Waals surface area contributed by atoms with Gasteiger partial charge in [0.15, 0.2) is 0 Å². The van der Waals surface area contributed by atoms with Gasteiger partial charge in [-0.05, 0) is 26.3 Å². The van der Waals surface area contributed by atoms with Gasteiger partial charge in [0.25, 0.3) is 5.91 Å². The molecule has 4 nitrogen and oxygen atoms in total. The fourth-order valence-electron chi connectivity index (χ4n) is 1.08. The highest BCUT2D eigenvalue weighted by molar-refractivity contribution is 5.76. The van der Waals surface area contributed by atoms with Gasteiger partial charge in [-0.2, -0.15) is 0 Å². The third-order valence-electron chi connectivity index (χ3n) is 1.82. The number of benzene rings is 1. The molecule has 0 saturated heterocycles. The lowest BCUT2D eigenvalue weighted by molar-refractivity contribution is -0.150. The first-order valence-electron chi connectivity index (χ1n) is 5.56. The van der Waals surface area contributed by atoms with E-state index in [1.165, 1.54) is 0 Å². The molecule has 0 heterocycles. The second-order valence-electron chi connectivity index (χ2n) is 4.72. The summed E-state index contributed by atoms with van der Waals surface area (Å²) < 4.78 is 5.25. The molecule has 0 spiro atoms. The van der Waals surface area contributed by atoms with Gasteiger partial charge in [0.05, 0.1) is 12.2 Å². The fourth-order valence-corrected chi connectivity index (χ4v) is 1.08. The smallest absolute Gasteiger partial charge is 0.269 e. The normalized spacial score (nSPS) is 11.2. The molecule has 17 heavy (non-hydrogen) atoms. The molecular weight excluding hydrogens is 218 g/mol. The molecule has 0 unspecified atom stereocenters. The Balaban J connectivity index is 2.17. The lowest BCUT2D eigenvalue weighted by Crippen LogP contribution is -2.35. The summed E-state index contributed by atoms with van der Waals surface area (Å²) in [6.07, 6.45) is 0. The lowest BCUT2D eigenvalue weighted by Gasteiger charge is -2.18. The fraction of sp³-hybridized carbons (Fsp3) is 0.462. The molecule has 0 aliphatic heterocycles. The van der Waals surface area contributed by atoms with Gasteiger partial charge in [0.1, 0.15) is 6.61 Å². The van der Waals surface area contributed by atoms with Crippen LogP contribution < -0.4 is 5.48 Å². The van der Waals surface area contributed by atoms with Crippen molar-refractivity contribution in [1.29, 1.82) is 0 Å². The van der Waals surface area contributed by atoms with Gasteiger partial charge in [-0.15, -0.1) is 0 Å². The predicted molar refractivity (Wildman–Crippen MR) is 65.1 cm³/mol. The van der Waals surface area contributed by atoms with Crippen LogP contribution in [0.3, 0.4) is 0 Å². The number of amides is 1. The Morgan fingerprint density at radius 2 is 1.88 bits per heavy atom. The largest absolute Gasteiger partial charge is 0.367 e. The number of ether oxygens (including phenoxy) is 1. The first kappa shape index (κ1) is 13.7. The summed E-state index contributed by atoms with van der Waals surface area (Å²) in [6.45, 7) is 5.99. The molecule has 0 fully saturated rings. The van der Waals surface area contributed by atoms with Crippen molar-refractivity contribution >= 4 is 5.91 Å². The average molecular weight is 237 g/mol. The summed E-state index contributed by atoms with van der Waals surface area (Å²) in [5, 5.41) is 0. The van der Waals surface area contributed by atoms with Crippen molar-refractivity contribution in [3.8, 4) is 0 Å². The zero-order valence-electron chi connectivity index (χ0n) is 10.5. The van der Waals surface area contributed by atoms with Gasteiger partial charge >= 0.3 is 0 Å². The minimum absolute atomic E-state index is 0.00895. The SMILES string of the molecule is CC(C)(C)ONC(=O)COCc1ccccc1. The Morgan fingerprint density at radius 1 is 1.24 bits per heavy atom. The summed E-state index contributed by atoms with van der Waals surface area (Å²) in [4.78, 5) is 16.4. The molecule has 1 N–H and O–H groups in total. The number of hydrogen-bond donors (Lipinski definition) is 1. The van der Waals surface area contributed by atoms with Crippen LogP contribution in [0.5, 0.6) is 0 Å². The summed E-state index contributed by atoms with van der Waals surface area (Å²) in [5.41, 5.74) is 2.99. The van der Waals surface area contributed by atoms with Crippen molar-refractivity contribution in [2.75, 3.05) is 6.61 Å². The van der Waals surface area contributed by atoms with Gasteiger partial charge in [0, 0.05) is 0 Å². The number of rotatable bonds is 5. The summed E-state index contributed by atoms with van der Waals surface area (Å²) >= 11 is 0. The van der Waals surface area contributed by atoms with E-state index >= 15 is 0 Å². The number of nitrogens with one attached hydrogen (secondary N) is 1. The topological polar surface area (TPSA) is 47.6 Å². The van der Waals surface area contributed by atoms with Crippen LogP contribution in [0.15, 0.2) is 30.3 Å². The van der Waals surface area contributed by atoms with Gasteiger partial charge in [-0.3, -0.25) is 9.63 Å². The first-order chi connectivity index (χ1) is 7.97. The van der Waals surface area contributed by atoms with E-state index in [1.54, 1.807) is 0 Å². The minimum atomic E-state index is -0.394. The molecule has 1 aromatic rings. The first-order valence-corrected chi connectivity index (χ1v) is 5.56. The summed E-state index contributed by atoms with van der Waals surface area (Å²) in [7, 11) is 0. The lowest BCUT2D eigenvalue weighted by atomic mass is 10.2. The second kappa shape index (κ2) is 6.37. The maximum Gasteiger partial charge on any atom is 0.269 e. The van der Waals surface area contributed by atoms with E-state index < -0.39 is 5.60 Å². The van der Waals surface area contributed by atoms with Crippen LogP contribution in [0, 0.1) is 0 Å². The van der Waals surface area contributed by atoms with Crippen molar-refractivity contribution in [3.05, 3.63) is 35.9 Å². The molecule has 94 valence electrons. The van der Waals surface area contributed by atoms with Crippen LogP contribution in [0.4, 0.5) is 0 Å². The zero-order chi connectivity index (χ0) is 12.7. The van der Waals surface area contributed by atoms with Gasteiger partial charge in [-0.1, -0.05) is 30.3 Å². The van der Waals surface area contributed by atoms with Crippen molar-refractivity contribution in [2.24, 2.45) is 0 Å². The molecule has 1 rings (SSSR count). The highest BCUT2D eigenvalue weighted by Gasteiger charge is 2.12. The van der Waals surface area contributed by atoms with Gasteiger partial charge in [0.2, 0.25) is 0 Å². The van der Waals surface area contributed by atoms with Crippen LogP contribution in [0.25, 0.3) is 0 Å². The highest BCUT2D eigenvalue weighted by Crippen LogP contribution is 2.03. The van der Waals surface area contributed by atoms with Crippen molar-refractivity contribution < 1.29 is 14.4 Å². The number of hydroxylamine groups is 1. The van der Waals surface area contributed by atoms with Crippen LogP contribution in [0.2, 0.25) is 0 Å². The van der Waals surface area contributed by atoms with E-state index in [0.717, 1.165) is 5.56 Å². The maximum absolute atomic E-state index is 11.3. The molecular formula is C13H19NO3. The van der Waals surface area contributed by atoms with Gasteiger partial charge < -0.3 is 4.74 Å². The third-order valence-corrected chi connectivity index (χ3v) is 1.82. The van der Waals surface area contributed by atoms with E-state index in [2.05, 4.69) is 5.48 Å². The highest BCUT2D eigenvalue weighted by atomic mass is 16.7. The van der Waals surface area contributed by atoms with Crippen LogP contribution in [0.1, 0.15) is 26.3 Å². The Bertz CT molecular complexity index is 343. The molecule has 0 atom stereocenters. The Kier molecular flexibility index (Phi) is 5.12. The molecule has 0 bridgehead atoms. The molecule has 0 aromatic heterocycles. The summed E-state index contributed by atoms with van der Waals surface area (Å²) in [5.74, 6) is -0.282. The molecule has 4 heteroatoms. The second-order valence-corrected chi connectivity index (χ2v) is 4.72. The number of carbonyl (C=O) groups is 1. The van der Waals surface area contributed by atoms with E-state index in [-0.39, 0.29) is 12.5 Å². The van der Waals surface area contributed by atoms with Gasteiger partial charge in [-0.25, -0.2) is 5.48 Å². The van der Waals surface area contributed by atoms with E-state index in [4.69, 9.17) is 9.57 Å². The molecule has 0 aliphatic rings. The third kappa shape index (κ3) is 6.71. The molecule has 0 radical (unpaired) electrons. The molecule has 0 aliphatic carbocycles. The average Bonchev–Trinajstić information content (AvgIpc) is 2.27. The van der Waals surface area contributed by atoms with Crippen molar-refractivity contribution in [1.82, 2.24) is 5.48 Å². The minimum Gasteiger partial charge on any atom is -0.367 e. The number of carbonyl (C=O) groups excluding carboxylic acids is 1. The zero-order valence-corrected chi connectivity index (χ0v) is 10.5. The monoisotopic (exact) mass is 237 g/mol. The Labute approximate surface area is 102 Å². The van der Waals surface area contributed by atoms with Crippen molar-refractivity contribution in [2.45, 2.75) is 33.0 Å². The van der Waals surface area contributed by atoms with E-state index in [9.17, 15) is 4.79 Å². The predicted octanol–water partition coefficient (Wildman–Crippen LogP) is 2.05.